The van der Waals surface area contributed by atoms with Crippen molar-refractivity contribution < 1.29 is 9.18 Å². The van der Waals surface area contributed by atoms with Gasteiger partial charge in [-0.1, -0.05) is 32.1 Å². The van der Waals surface area contributed by atoms with Gasteiger partial charge in [-0.05, 0) is 30.9 Å². The second-order valence-electron chi connectivity index (χ2n) is 7.16. The molecule has 0 fully saturated rings. The molecule has 4 nitrogen and oxygen atoms in total. The van der Waals surface area contributed by atoms with Crippen LogP contribution in [0.15, 0.2) is 35.9 Å². The molecule has 3 atom stereocenters. The summed E-state index contributed by atoms with van der Waals surface area (Å²) in [5.74, 6) is -0.483. The highest BCUT2D eigenvalue weighted by molar-refractivity contribution is 6.02. The van der Waals surface area contributed by atoms with Crippen molar-refractivity contribution >= 4 is 5.78 Å². The Balaban J connectivity index is 1.91. The van der Waals surface area contributed by atoms with Crippen LogP contribution in [0, 0.1) is 29.0 Å². The molecule has 0 bridgehead atoms. The van der Waals surface area contributed by atoms with E-state index < -0.39 is 5.41 Å². The molecule has 1 N–H and O–H groups in total. The first kappa shape index (κ1) is 15.8. The van der Waals surface area contributed by atoms with Crippen LogP contribution >= 0.6 is 0 Å². The maximum Gasteiger partial charge on any atom is 0.176 e. The number of Topliss-reactive ketones (excluding diaryl/α,β-unsaturated/α-hetero) is 1. The molecule has 0 spiro atoms. The van der Waals surface area contributed by atoms with E-state index in [-0.39, 0.29) is 29.0 Å². The SMILES string of the molecule is C[C@H]1C(=O)C(C#N)=C[C@@]2(C)c3[nH]nc(-c4ccccc4F)c3CC[C@H]12. The summed E-state index contributed by atoms with van der Waals surface area (Å²) in [4.78, 5) is 12.4. The first-order valence-electron chi connectivity index (χ1n) is 8.47. The van der Waals surface area contributed by atoms with Gasteiger partial charge < -0.3 is 0 Å². The third-order valence-corrected chi connectivity index (χ3v) is 5.86. The van der Waals surface area contributed by atoms with Gasteiger partial charge in [0.2, 0.25) is 0 Å². The van der Waals surface area contributed by atoms with Crippen LogP contribution in [0.3, 0.4) is 0 Å². The quantitative estimate of drug-likeness (QED) is 0.864. The molecule has 0 saturated carbocycles. The Bertz CT molecular complexity index is 952. The number of halogens is 1. The zero-order valence-electron chi connectivity index (χ0n) is 14.1. The second kappa shape index (κ2) is 5.38. The fourth-order valence-electron chi connectivity index (χ4n) is 4.55. The summed E-state index contributed by atoms with van der Waals surface area (Å²) in [6.07, 6.45) is 3.33. The molecule has 0 amide bonds. The lowest BCUT2D eigenvalue weighted by molar-refractivity contribution is -0.121. The Morgan fingerprint density at radius 2 is 2.16 bits per heavy atom. The first-order valence-corrected chi connectivity index (χ1v) is 8.47. The molecule has 5 heteroatoms. The van der Waals surface area contributed by atoms with E-state index in [4.69, 9.17) is 0 Å². The number of carbonyl (C=O) groups excluding carboxylic acids is 1. The van der Waals surface area contributed by atoms with E-state index in [9.17, 15) is 14.4 Å². The number of hydrogen-bond donors (Lipinski definition) is 1. The number of H-pyrrole nitrogens is 1. The van der Waals surface area contributed by atoms with Crippen molar-refractivity contribution in [2.75, 3.05) is 0 Å². The zero-order chi connectivity index (χ0) is 17.8. The van der Waals surface area contributed by atoms with E-state index in [2.05, 4.69) is 10.2 Å². The number of aromatic nitrogens is 2. The summed E-state index contributed by atoms with van der Waals surface area (Å²) < 4.78 is 14.2. The predicted molar refractivity (Wildman–Crippen MR) is 91.0 cm³/mol. The van der Waals surface area contributed by atoms with Crippen molar-refractivity contribution in [3.05, 3.63) is 53.0 Å². The number of nitrogens with one attached hydrogen (secondary N) is 1. The highest BCUT2D eigenvalue weighted by Crippen LogP contribution is 2.50. The smallest absolute Gasteiger partial charge is 0.176 e. The number of hydrogen-bond acceptors (Lipinski definition) is 3. The van der Waals surface area contributed by atoms with Crippen LogP contribution < -0.4 is 0 Å². The lowest BCUT2D eigenvalue weighted by atomic mass is 9.58. The number of benzene rings is 1. The minimum Gasteiger partial charge on any atom is -0.293 e. The molecule has 0 saturated heterocycles. The molecule has 1 heterocycles. The van der Waals surface area contributed by atoms with Crippen LogP contribution in [-0.2, 0) is 16.6 Å². The summed E-state index contributed by atoms with van der Waals surface area (Å²) >= 11 is 0. The minimum atomic E-state index is -0.470. The number of nitrogens with zero attached hydrogens (tertiary/aromatic N) is 2. The topological polar surface area (TPSA) is 69.5 Å². The molecule has 1 aromatic carbocycles. The van der Waals surface area contributed by atoms with Gasteiger partial charge in [-0.2, -0.15) is 10.4 Å². The molecule has 0 aliphatic heterocycles. The van der Waals surface area contributed by atoms with Gasteiger partial charge in [0.25, 0.3) is 0 Å². The molecular weight excluding hydrogens is 317 g/mol. The standard InChI is InChI=1S/C20H18FN3O/c1-11-15-8-7-14-17(13-5-3-4-6-16(13)21)23-24-19(14)20(15,2)9-12(10-22)18(11)25/h3-6,9,11,15H,7-8H2,1-2H3,(H,23,24)/t11-,15-,20-/m1/s1. The molecule has 126 valence electrons. The lowest BCUT2D eigenvalue weighted by Gasteiger charge is -2.44. The van der Waals surface area contributed by atoms with Gasteiger partial charge >= 0.3 is 0 Å². The molecule has 25 heavy (non-hydrogen) atoms. The van der Waals surface area contributed by atoms with Crippen LogP contribution in [0.2, 0.25) is 0 Å². The molecule has 0 unspecified atom stereocenters. The molecule has 4 rings (SSSR count). The van der Waals surface area contributed by atoms with Crippen molar-refractivity contribution in [2.24, 2.45) is 11.8 Å². The van der Waals surface area contributed by atoms with Gasteiger partial charge in [0.05, 0.1) is 11.3 Å². The van der Waals surface area contributed by atoms with Gasteiger partial charge in [-0.25, -0.2) is 4.39 Å². The number of ketones is 1. The van der Waals surface area contributed by atoms with E-state index in [1.807, 2.05) is 19.9 Å². The molecule has 2 aliphatic carbocycles. The largest absolute Gasteiger partial charge is 0.293 e. The predicted octanol–water partition coefficient (Wildman–Crippen LogP) is 3.70. The Hall–Kier alpha value is -2.74. The maximum absolute atomic E-state index is 14.2. The fraction of sp³-hybridized carbons (Fsp3) is 0.350. The van der Waals surface area contributed by atoms with Crippen molar-refractivity contribution in [1.29, 1.82) is 5.26 Å². The summed E-state index contributed by atoms with van der Waals surface area (Å²) in [5.41, 5.74) is 2.73. The number of carbonyl (C=O) groups is 1. The van der Waals surface area contributed by atoms with Gasteiger partial charge in [-0.3, -0.25) is 9.89 Å². The van der Waals surface area contributed by atoms with E-state index in [1.165, 1.54) is 6.07 Å². The van der Waals surface area contributed by atoms with Gasteiger partial charge in [0, 0.05) is 28.2 Å². The number of aromatic amines is 1. The summed E-state index contributed by atoms with van der Waals surface area (Å²) in [5, 5.41) is 16.8. The number of fused-ring (bicyclic) bond motifs is 3. The molecule has 0 radical (unpaired) electrons. The third-order valence-electron chi connectivity index (χ3n) is 5.86. The number of nitriles is 1. The van der Waals surface area contributed by atoms with Gasteiger partial charge in [0.15, 0.2) is 5.78 Å². The Labute approximate surface area is 145 Å². The van der Waals surface area contributed by atoms with Crippen LogP contribution in [0.1, 0.15) is 31.5 Å². The number of rotatable bonds is 1. The normalized spacial score (nSPS) is 27.9. The minimum absolute atomic E-state index is 0.0812. The highest BCUT2D eigenvalue weighted by Gasteiger charge is 2.49. The molecule has 2 aromatic rings. The zero-order valence-corrected chi connectivity index (χ0v) is 14.1. The van der Waals surface area contributed by atoms with E-state index in [0.717, 1.165) is 24.1 Å². The van der Waals surface area contributed by atoms with Crippen LogP contribution in [-0.4, -0.2) is 16.0 Å². The second-order valence-corrected chi connectivity index (χ2v) is 7.16. The van der Waals surface area contributed by atoms with Crippen LogP contribution in [0.4, 0.5) is 4.39 Å². The average Bonchev–Trinajstić information content (AvgIpc) is 3.04. The summed E-state index contributed by atoms with van der Waals surface area (Å²) in [6.45, 7) is 3.94. The molecule has 2 aliphatic rings. The maximum atomic E-state index is 14.2. The number of allylic oxidation sites excluding steroid dienone is 2. The van der Waals surface area contributed by atoms with Crippen LogP contribution in [0.25, 0.3) is 11.3 Å². The fourth-order valence-corrected chi connectivity index (χ4v) is 4.55. The molecule has 1 aromatic heterocycles. The van der Waals surface area contributed by atoms with Crippen molar-refractivity contribution in [3.8, 4) is 17.3 Å². The van der Waals surface area contributed by atoms with Gasteiger partial charge in [0.1, 0.15) is 11.9 Å². The first-order chi connectivity index (χ1) is 12.0. The van der Waals surface area contributed by atoms with Crippen molar-refractivity contribution in [1.82, 2.24) is 10.2 Å². The Morgan fingerprint density at radius 1 is 1.40 bits per heavy atom. The lowest BCUT2D eigenvalue weighted by Crippen LogP contribution is -2.45. The summed E-state index contributed by atoms with van der Waals surface area (Å²) in [6, 6.07) is 8.65. The van der Waals surface area contributed by atoms with E-state index >= 15 is 0 Å². The third kappa shape index (κ3) is 2.10. The average molecular weight is 335 g/mol. The van der Waals surface area contributed by atoms with Crippen molar-refractivity contribution in [3.63, 3.8) is 0 Å². The Morgan fingerprint density at radius 3 is 2.88 bits per heavy atom. The van der Waals surface area contributed by atoms with Gasteiger partial charge in [-0.15, -0.1) is 0 Å². The van der Waals surface area contributed by atoms with E-state index in [1.54, 1.807) is 24.3 Å². The molecular formula is C20H18FN3O. The highest BCUT2D eigenvalue weighted by atomic mass is 19.1. The monoisotopic (exact) mass is 335 g/mol. The van der Waals surface area contributed by atoms with Crippen molar-refractivity contribution in [2.45, 2.75) is 32.1 Å². The summed E-state index contributed by atoms with van der Waals surface area (Å²) in [7, 11) is 0. The Kier molecular flexibility index (Phi) is 3.40. The van der Waals surface area contributed by atoms with Crippen LogP contribution in [0.5, 0.6) is 0 Å². The van der Waals surface area contributed by atoms with E-state index in [0.29, 0.717) is 11.3 Å².